The van der Waals surface area contributed by atoms with E-state index in [1.807, 2.05) is 29.6 Å². The molecule has 3 rings (SSSR count). The van der Waals surface area contributed by atoms with E-state index in [1.54, 1.807) is 17.6 Å². The topological polar surface area (TPSA) is 49.6 Å². The summed E-state index contributed by atoms with van der Waals surface area (Å²) in [5.41, 5.74) is 0.216. The Morgan fingerprint density at radius 2 is 2.00 bits per heavy atom. The molecule has 1 aromatic carbocycles. The highest BCUT2D eigenvalue weighted by Gasteiger charge is 2.05. The lowest BCUT2D eigenvalue weighted by Gasteiger charge is -2.12. The number of furan rings is 1. The van der Waals surface area contributed by atoms with Crippen LogP contribution in [0.2, 0.25) is 0 Å². The minimum absolute atomic E-state index is 0. The molecule has 2 heterocycles. The molecule has 0 saturated carbocycles. The maximum absolute atomic E-state index is 13.8. The standard InChI is InChI=1S/C19H19F2N3OS.HI/c20-15-5-6-18(21)14(11-15)12-23-19(24-13-17-4-2-10-26-17)22-8-7-16-3-1-9-25-16;/h1-6,9-11H,7-8,12-13H2,(H2,22,23,24);1H. The highest BCUT2D eigenvalue weighted by atomic mass is 127. The van der Waals surface area contributed by atoms with Crippen LogP contribution in [0.15, 0.2) is 63.5 Å². The summed E-state index contributed by atoms with van der Waals surface area (Å²) in [6.07, 6.45) is 2.33. The summed E-state index contributed by atoms with van der Waals surface area (Å²) >= 11 is 1.64. The van der Waals surface area contributed by atoms with Gasteiger partial charge in [0, 0.05) is 23.4 Å². The van der Waals surface area contributed by atoms with Crippen LogP contribution >= 0.6 is 35.3 Å². The molecule has 0 radical (unpaired) electrons. The van der Waals surface area contributed by atoms with Gasteiger partial charge in [-0.25, -0.2) is 13.8 Å². The Balaban J connectivity index is 0.00000261. The summed E-state index contributed by atoms with van der Waals surface area (Å²) < 4.78 is 32.4. The maximum atomic E-state index is 13.8. The fourth-order valence-electron chi connectivity index (χ4n) is 2.35. The molecule has 0 atom stereocenters. The van der Waals surface area contributed by atoms with Crippen molar-refractivity contribution in [3.8, 4) is 0 Å². The molecule has 0 amide bonds. The van der Waals surface area contributed by atoms with Gasteiger partial charge in [0.05, 0.1) is 19.4 Å². The minimum Gasteiger partial charge on any atom is -0.469 e. The first kappa shape index (κ1) is 21.4. The largest absolute Gasteiger partial charge is 0.469 e. The molecule has 0 unspecified atom stereocenters. The number of guanidine groups is 1. The van der Waals surface area contributed by atoms with E-state index in [1.165, 1.54) is 6.07 Å². The molecule has 0 bridgehead atoms. The van der Waals surface area contributed by atoms with Gasteiger partial charge in [0.25, 0.3) is 0 Å². The molecular formula is C19H20F2IN3OS. The van der Waals surface area contributed by atoms with E-state index in [0.29, 0.717) is 25.5 Å². The quantitative estimate of drug-likeness (QED) is 0.279. The van der Waals surface area contributed by atoms with Crippen molar-refractivity contribution in [3.05, 3.63) is 81.9 Å². The molecule has 0 aliphatic carbocycles. The average molecular weight is 503 g/mol. The van der Waals surface area contributed by atoms with Gasteiger partial charge in [0.1, 0.15) is 17.4 Å². The van der Waals surface area contributed by atoms with Crippen LogP contribution in [0.5, 0.6) is 0 Å². The molecule has 4 nitrogen and oxygen atoms in total. The number of rotatable bonds is 7. The van der Waals surface area contributed by atoms with Gasteiger partial charge >= 0.3 is 0 Å². The molecule has 27 heavy (non-hydrogen) atoms. The maximum Gasteiger partial charge on any atom is 0.191 e. The Labute approximate surface area is 177 Å². The SMILES string of the molecule is Fc1ccc(F)c(CN=C(NCCc2ccco2)NCc2cccs2)c1.I. The zero-order valence-electron chi connectivity index (χ0n) is 14.5. The highest BCUT2D eigenvalue weighted by molar-refractivity contribution is 14.0. The first-order valence-corrected chi connectivity index (χ1v) is 9.09. The van der Waals surface area contributed by atoms with Crippen LogP contribution in [-0.4, -0.2) is 12.5 Å². The molecule has 3 aromatic rings. The molecule has 2 aromatic heterocycles. The molecule has 8 heteroatoms. The lowest BCUT2D eigenvalue weighted by molar-refractivity contribution is 0.506. The van der Waals surface area contributed by atoms with Gasteiger partial charge in [-0.3, -0.25) is 0 Å². The minimum atomic E-state index is -0.476. The van der Waals surface area contributed by atoms with Crippen LogP contribution in [0.3, 0.4) is 0 Å². The predicted octanol–water partition coefficient (Wildman–Crippen LogP) is 4.72. The average Bonchev–Trinajstić information content (AvgIpc) is 3.33. The van der Waals surface area contributed by atoms with Gasteiger partial charge in [0.2, 0.25) is 0 Å². The van der Waals surface area contributed by atoms with Crippen molar-refractivity contribution in [1.29, 1.82) is 0 Å². The Hall–Kier alpha value is -1.94. The first-order valence-electron chi connectivity index (χ1n) is 8.21. The van der Waals surface area contributed by atoms with Gasteiger partial charge < -0.3 is 15.1 Å². The van der Waals surface area contributed by atoms with Crippen LogP contribution in [0.1, 0.15) is 16.2 Å². The fourth-order valence-corrected chi connectivity index (χ4v) is 2.99. The number of thiophene rings is 1. The van der Waals surface area contributed by atoms with Gasteiger partial charge in [-0.05, 0) is 41.8 Å². The molecule has 0 saturated heterocycles. The highest BCUT2D eigenvalue weighted by Crippen LogP contribution is 2.11. The van der Waals surface area contributed by atoms with E-state index < -0.39 is 11.6 Å². The fraction of sp³-hybridized carbons (Fsp3) is 0.211. The van der Waals surface area contributed by atoms with E-state index in [2.05, 4.69) is 15.6 Å². The number of aliphatic imine (C=N–C) groups is 1. The lowest BCUT2D eigenvalue weighted by atomic mass is 10.2. The summed E-state index contributed by atoms with van der Waals surface area (Å²) in [5, 5.41) is 8.40. The molecular weight excluding hydrogens is 483 g/mol. The van der Waals surface area contributed by atoms with Crippen LogP contribution in [0, 0.1) is 11.6 Å². The second-order valence-corrected chi connectivity index (χ2v) is 6.62. The van der Waals surface area contributed by atoms with Crippen molar-refractivity contribution >= 4 is 41.3 Å². The second kappa shape index (κ2) is 11.0. The van der Waals surface area contributed by atoms with E-state index in [4.69, 9.17) is 4.42 Å². The summed E-state index contributed by atoms with van der Waals surface area (Å²) in [6.45, 7) is 1.26. The number of halogens is 3. The third-order valence-corrected chi connectivity index (χ3v) is 4.55. The van der Waals surface area contributed by atoms with Gasteiger partial charge in [0.15, 0.2) is 5.96 Å². The zero-order chi connectivity index (χ0) is 18.2. The number of hydrogen-bond donors (Lipinski definition) is 2. The number of benzene rings is 1. The van der Waals surface area contributed by atoms with Crippen LogP contribution in [-0.2, 0) is 19.5 Å². The number of hydrogen-bond acceptors (Lipinski definition) is 3. The normalized spacial score (nSPS) is 11.1. The van der Waals surface area contributed by atoms with Crippen LogP contribution in [0.25, 0.3) is 0 Å². The monoisotopic (exact) mass is 503 g/mol. The van der Waals surface area contributed by atoms with Gasteiger partial charge in [-0.15, -0.1) is 35.3 Å². The Morgan fingerprint density at radius 3 is 2.74 bits per heavy atom. The van der Waals surface area contributed by atoms with Crippen molar-refractivity contribution in [2.45, 2.75) is 19.5 Å². The van der Waals surface area contributed by atoms with Crippen molar-refractivity contribution in [2.75, 3.05) is 6.54 Å². The summed E-state index contributed by atoms with van der Waals surface area (Å²) in [7, 11) is 0. The van der Waals surface area contributed by atoms with Gasteiger partial charge in [-0.1, -0.05) is 6.07 Å². The number of nitrogens with zero attached hydrogens (tertiary/aromatic N) is 1. The molecule has 0 aliphatic heterocycles. The number of nitrogens with one attached hydrogen (secondary N) is 2. The lowest BCUT2D eigenvalue weighted by Crippen LogP contribution is -2.38. The smallest absolute Gasteiger partial charge is 0.191 e. The first-order chi connectivity index (χ1) is 12.7. The summed E-state index contributed by atoms with van der Waals surface area (Å²) in [4.78, 5) is 5.53. The van der Waals surface area contributed by atoms with E-state index >= 15 is 0 Å². The Kier molecular flexibility index (Phi) is 8.73. The molecule has 0 spiro atoms. The molecule has 2 N–H and O–H groups in total. The van der Waals surface area contributed by atoms with E-state index in [9.17, 15) is 8.78 Å². The van der Waals surface area contributed by atoms with Crippen molar-refractivity contribution < 1.29 is 13.2 Å². The Morgan fingerprint density at radius 1 is 1.11 bits per heavy atom. The molecule has 144 valence electrons. The van der Waals surface area contributed by atoms with Crippen LogP contribution in [0.4, 0.5) is 8.78 Å². The van der Waals surface area contributed by atoms with Crippen molar-refractivity contribution in [1.82, 2.24) is 10.6 Å². The van der Waals surface area contributed by atoms with Gasteiger partial charge in [-0.2, -0.15) is 0 Å². The summed E-state index contributed by atoms with van der Waals surface area (Å²) in [6, 6.07) is 11.1. The Bertz CT molecular complexity index is 839. The zero-order valence-corrected chi connectivity index (χ0v) is 17.6. The molecule has 0 fully saturated rings. The third-order valence-electron chi connectivity index (χ3n) is 3.67. The van der Waals surface area contributed by atoms with Crippen molar-refractivity contribution in [3.63, 3.8) is 0 Å². The van der Waals surface area contributed by atoms with Crippen LogP contribution < -0.4 is 10.6 Å². The summed E-state index contributed by atoms with van der Waals surface area (Å²) in [5.74, 6) is 0.457. The molecule has 0 aliphatic rings. The third kappa shape index (κ3) is 6.94. The predicted molar refractivity (Wildman–Crippen MR) is 114 cm³/mol. The second-order valence-electron chi connectivity index (χ2n) is 5.59. The van der Waals surface area contributed by atoms with E-state index in [0.717, 1.165) is 22.8 Å². The van der Waals surface area contributed by atoms with Crippen molar-refractivity contribution in [2.24, 2.45) is 4.99 Å². The van der Waals surface area contributed by atoms with E-state index in [-0.39, 0.29) is 36.1 Å².